The second-order valence-electron chi connectivity index (χ2n) is 5.87. The van der Waals surface area contributed by atoms with Gasteiger partial charge in [-0.05, 0) is 32.3 Å². The number of nitro benzene ring substituents is 1. The van der Waals surface area contributed by atoms with E-state index in [0.717, 1.165) is 12.8 Å². The van der Waals surface area contributed by atoms with Crippen molar-refractivity contribution in [2.45, 2.75) is 32.2 Å². The maximum Gasteiger partial charge on any atom is 0.404 e. The summed E-state index contributed by atoms with van der Waals surface area (Å²) in [5.41, 5.74) is 5.91. The molecule has 0 fully saturated rings. The predicted molar refractivity (Wildman–Crippen MR) is 95.6 cm³/mol. The molecular weight excluding hydrogens is 340 g/mol. The highest BCUT2D eigenvalue weighted by Gasteiger charge is 2.22. The molecule has 0 spiro atoms. The van der Waals surface area contributed by atoms with Crippen molar-refractivity contribution in [1.29, 1.82) is 0 Å². The zero-order valence-corrected chi connectivity index (χ0v) is 14.7. The predicted octanol–water partition coefficient (Wildman–Crippen LogP) is 2.46. The van der Waals surface area contributed by atoms with Gasteiger partial charge in [-0.15, -0.1) is 0 Å². The molecule has 0 aliphatic carbocycles. The fourth-order valence-electron chi connectivity index (χ4n) is 2.61. The fourth-order valence-corrected chi connectivity index (χ4v) is 2.61. The van der Waals surface area contributed by atoms with Crippen LogP contribution in [-0.4, -0.2) is 38.4 Å². The third kappa shape index (κ3) is 4.91. The van der Waals surface area contributed by atoms with Crippen LogP contribution in [0.1, 0.15) is 26.2 Å². The monoisotopic (exact) mass is 362 g/mol. The molecule has 10 nitrogen and oxygen atoms in total. The van der Waals surface area contributed by atoms with Gasteiger partial charge in [0.2, 0.25) is 0 Å². The number of benzene rings is 1. The first-order valence-electron chi connectivity index (χ1n) is 8.20. The average Bonchev–Trinajstić information content (AvgIpc) is 3.00. The minimum absolute atomic E-state index is 0.0191. The van der Waals surface area contributed by atoms with Gasteiger partial charge in [0.15, 0.2) is 5.82 Å². The van der Waals surface area contributed by atoms with E-state index in [9.17, 15) is 14.9 Å². The van der Waals surface area contributed by atoms with Crippen molar-refractivity contribution in [3.63, 3.8) is 0 Å². The summed E-state index contributed by atoms with van der Waals surface area (Å²) in [5.74, 6) is 0.540. The number of aryl methyl sites for hydroxylation is 1. The Morgan fingerprint density at radius 3 is 2.85 bits per heavy atom. The van der Waals surface area contributed by atoms with Crippen LogP contribution >= 0.6 is 0 Å². The molecule has 1 aromatic carbocycles. The molecule has 26 heavy (non-hydrogen) atoms. The first kappa shape index (κ1) is 19.2. The summed E-state index contributed by atoms with van der Waals surface area (Å²) in [6.07, 6.45) is 2.81. The van der Waals surface area contributed by atoms with Gasteiger partial charge in [-0.1, -0.05) is 6.07 Å². The molecule has 0 saturated heterocycles. The molecule has 2 rings (SSSR count). The highest BCUT2D eigenvalue weighted by molar-refractivity contribution is 5.81. The van der Waals surface area contributed by atoms with Crippen molar-refractivity contribution >= 4 is 17.5 Å². The van der Waals surface area contributed by atoms with E-state index >= 15 is 0 Å². The van der Waals surface area contributed by atoms with Crippen LogP contribution in [0.3, 0.4) is 0 Å². The summed E-state index contributed by atoms with van der Waals surface area (Å²) < 4.78 is 6.25. The number of anilines is 1. The van der Waals surface area contributed by atoms with Crippen LogP contribution in [0.2, 0.25) is 0 Å². The number of nitro groups is 1. The number of para-hydroxylation sites is 1. The number of nitrogens with zero attached hydrogens (tertiary/aromatic N) is 4. The van der Waals surface area contributed by atoms with Crippen LogP contribution in [0.4, 0.5) is 16.2 Å². The minimum atomic E-state index is -0.788. The second kappa shape index (κ2) is 8.79. The smallest absolute Gasteiger partial charge is 0.404 e. The molecule has 1 unspecified atom stereocenters. The molecule has 0 aliphatic heterocycles. The van der Waals surface area contributed by atoms with Gasteiger partial charge in [0.25, 0.3) is 5.69 Å². The number of hydrogen-bond donors (Lipinski definition) is 2. The maximum atomic E-state index is 11.4. The highest BCUT2D eigenvalue weighted by atomic mass is 16.6. The largest absolute Gasteiger partial charge is 0.450 e. The highest BCUT2D eigenvalue weighted by Crippen LogP contribution is 2.35. The first-order chi connectivity index (χ1) is 12.4. The van der Waals surface area contributed by atoms with E-state index in [0.29, 0.717) is 23.5 Å². The van der Waals surface area contributed by atoms with Gasteiger partial charge in [-0.2, -0.15) is 5.10 Å². The first-order valence-corrected chi connectivity index (χ1v) is 8.20. The fraction of sp³-hybridized carbons (Fsp3) is 0.438. The molecule has 0 aliphatic rings. The third-order valence-corrected chi connectivity index (χ3v) is 3.86. The average molecular weight is 362 g/mol. The van der Waals surface area contributed by atoms with Crippen molar-refractivity contribution in [3.05, 3.63) is 34.6 Å². The van der Waals surface area contributed by atoms with Gasteiger partial charge < -0.3 is 15.8 Å². The summed E-state index contributed by atoms with van der Waals surface area (Å²) in [7, 11) is 1.73. The Kier molecular flexibility index (Phi) is 6.48. The van der Waals surface area contributed by atoms with Crippen molar-refractivity contribution in [1.82, 2.24) is 14.8 Å². The third-order valence-electron chi connectivity index (χ3n) is 3.86. The number of amides is 1. The van der Waals surface area contributed by atoms with Gasteiger partial charge in [0.1, 0.15) is 12.0 Å². The number of carbonyl (C=O) groups is 1. The summed E-state index contributed by atoms with van der Waals surface area (Å²) in [6, 6.07) is 4.82. The lowest BCUT2D eigenvalue weighted by atomic mass is 10.1. The van der Waals surface area contributed by atoms with Crippen LogP contribution < -0.4 is 11.1 Å². The molecule has 140 valence electrons. The van der Waals surface area contributed by atoms with E-state index < -0.39 is 11.0 Å². The normalized spacial score (nSPS) is 11.8. The number of nitrogens with two attached hydrogens (primary N) is 1. The molecule has 1 heterocycles. The van der Waals surface area contributed by atoms with Gasteiger partial charge in [-0.25, -0.2) is 14.5 Å². The zero-order valence-electron chi connectivity index (χ0n) is 14.7. The van der Waals surface area contributed by atoms with Gasteiger partial charge in [-0.3, -0.25) is 10.1 Å². The maximum absolute atomic E-state index is 11.4. The summed E-state index contributed by atoms with van der Waals surface area (Å²) >= 11 is 0. The van der Waals surface area contributed by atoms with E-state index in [1.807, 2.05) is 6.92 Å². The standard InChI is InChI=1S/C16H22N6O4/c1-11(6-3-4-9-26-16(17)23)20-14-12(15-18-10-19-21(15)2)7-5-8-13(14)22(24)25/h5,7-8,10-11,20H,3-4,6,9H2,1-2H3,(H2,17,23). The Morgan fingerprint density at radius 1 is 1.46 bits per heavy atom. The quantitative estimate of drug-likeness (QED) is 0.397. The number of aromatic nitrogens is 3. The van der Waals surface area contributed by atoms with E-state index in [1.165, 1.54) is 12.4 Å². The lowest BCUT2D eigenvalue weighted by Gasteiger charge is -2.18. The van der Waals surface area contributed by atoms with Gasteiger partial charge in [0.05, 0.1) is 11.5 Å². The molecule has 1 aromatic heterocycles. The minimum Gasteiger partial charge on any atom is -0.450 e. The van der Waals surface area contributed by atoms with Crippen molar-refractivity contribution in [2.75, 3.05) is 11.9 Å². The van der Waals surface area contributed by atoms with Crippen molar-refractivity contribution in [3.8, 4) is 11.4 Å². The van der Waals surface area contributed by atoms with Crippen LogP contribution in [0.15, 0.2) is 24.5 Å². The van der Waals surface area contributed by atoms with Crippen LogP contribution in [-0.2, 0) is 11.8 Å². The summed E-state index contributed by atoms with van der Waals surface area (Å²) in [6.45, 7) is 2.20. The molecule has 0 saturated carbocycles. The Labute approximate surface area is 150 Å². The van der Waals surface area contributed by atoms with Crippen molar-refractivity contribution in [2.24, 2.45) is 12.8 Å². The van der Waals surface area contributed by atoms with E-state index in [2.05, 4.69) is 20.1 Å². The zero-order chi connectivity index (χ0) is 19.1. The van der Waals surface area contributed by atoms with E-state index in [4.69, 9.17) is 5.73 Å². The number of hydrogen-bond acceptors (Lipinski definition) is 7. The summed E-state index contributed by atoms with van der Waals surface area (Å²) in [5, 5.41) is 18.7. The SMILES string of the molecule is CC(CCCCOC(N)=O)Nc1c(-c2ncnn2C)cccc1[N+](=O)[O-]. The number of carbonyl (C=O) groups excluding carboxylic acids is 1. The Hall–Kier alpha value is -3.17. The van der Waals surface area contributed by atoms with Gasteiger partial charge in [0, 0.05) is 24.7 Å². The molecule has 1 atom stereocenters. The van der Waals surface area contributed by atoms with Crippen LogP contribution in [0.25, 0.3) is 11.4 Å². The molecule has 2 aromatic rings. The van der Waals surface area contributed by atoms with E-state index in [1.54, 1.807) is 23.9 Å². The molecule has 1 amide bonds. The summed E-state index contributed by atoms with van der Waals surface area (Å²) in [4.78, 5) is 25.7. The van der Waals surface area contributed by atoms with Crippen LogP contribution in [0.5, 0.6) is 0 Å². The Bertz CT molecular complexity index is 776. The number of unbranched alkanes of at least 4 members (excludes halogenated alkanes) is 1. The number of nitrogens with one attached hydrogen (secondary N) is 1. The number of ether oxygens (including phenoxy) is 1. The Morgan fingerprint density at radius 2 is 2.23 bits per heavy atom. The Balaban J connectivity index is 2.13. The van der Waals surface area contributed by atoms with Gasteiger partial charge >= 0.3 is 6.09 Å². The lowest BCUT2D eigenvalue weighted by Crippen LogP contribution is -2.18. The molecule has 10 heteroatoms. The lowest BCUT2D eigenvalue weighted by molar-refractivity contribution is -0.383. The molecule has 3 N–H and O–H groups in total. The number of rotatable bonds is 9. The second-order valence-corrected chi connectivity index (χ2v) is 5.87. The van der Waals surface area contributed by atoms with Crippen molar-refractivity contribution < 1.29 is 14.5 Å². The molecule has 0 bridgehead atoms. The molecule has 0 radical (unpaired) electrons. The number of primary amides is 1. The topological polar surface area (TPSA) is 138 Å². The van der Waals surface area contributed by atoms with E-state index in [-0.39, 0.29) is 18.3 Å². The van der Waals surface area contributed by atoms with Crippen LogP contribution in [0, 0.1) is 10.1 Å². The molecular formula is C16H22N6O4.